The summed E-state index contributed by atoms with van der Waals surface area (Å²) in [5.74, 6) is -0.663. The summed E-state index contributed by atoms with van der Waals surface area (Å²) in [6.07, 6.45) is -9.13. The first-order valence-electron chi connectivity index (χ1n) is 15.6. The molecule has 0 saturated carbocycles. The van der Waals surface area contributed by atoms with Crippen molar-refractivity contribution in [2.75, 3.05) is 46.2 Å². The molecular weight excluding hydrogens is 616 g/mol. The van der Waals surface area contributed by atoms with Crippen LogP contribution in [0.1, 0.15) is 64.7 Å². The summed E-state index contributed by atoms with van der Waals surface area (Å²) in [6.45, 7) is -0.0425. The minimum absolute atomic E-state index is 0.140. The number of ether oxygens (including phenoxy) is 2. The third kappa shape index (κ3) is 19.7. The number of nitrogens with one attached hydrogen (secondary N) is 2. The Labute approximate surface area is 269 Å². The number of carbonyl (C=O) groups is 3. The molecule has 0 rings (SSSR count). The van der Waals surface area contributed by atoms with Crippen LogP contribution in [0.3, 0.4) is 0 Å². The maximum atomic E-state index is 12.3. The maximum absolute atomic E-state index is 12.3. The lowest BCUT2D eigenvalue weighted by molar-refractivity contribution is -0.129. The number of rotatable bonds is 29. The third-order valence-corrected chi connectivity index (χ3v) is 7.18. The van der Waals surface area contributed by atoms with Crippen LogP contribution in [0.15, 0.2) is 0 Å². The standard InChI is InChI=1S/C29H56N2O15/c1-18(34)19(31-25(40)10-4-7-13-46-17-23(38)29(44)27(42)21(36)15-33)8-2-5-11-30-24(39)9-3-6-12-45-16-22(37)28(43)26(41)20(35)14-32/h19-23,26-29,32-33,35-38,41-44H,2-17H2,1H3,(H,30,39)(H,31,40)/t19-,20?,21?,22?,23?,26?,27?,28?,29?/m1/s1. The van der Waals surface area contributed by atoms with Crippen molar-refractivity contribution >= 4 is 17.6 Å². The van der Waals surface area contributed by atoms with Crippen LogP contribution in [0, 0.1) is 0 Å². The molecule has 8 unspecified atom stereocenters. The number of aliphatic hydroxyl groups is 10. The summed E-state index contributed by atoms with van der Waals surface area (Å²) in [4.78, 5) is 36.2. The zero-order chi connectivity index (χ0) is 35.1. The van der Waals surface area contributed by atoms with E-state index in [9.17, 15) is 55.2 Å². The van der Waals surface area contributed by atoms with E-state index in [1.54, 1.807) is 0 Å². The molecule has 0 aliphatic heterocycles. The van der Waals surface area contributed by atoms with Gasteiger partial charge in [0.1, 0.15) is 48.8 Å². The van der Waals surface area contributed by atoms with Crippen molar-refractivity contribution in [1.82, 2.24) is 10.6 Å². The average Bonchev–Trinajstić information content (AvgIpc) is 3.04. The number of ketones is 1. The Kier molecular flexibility index (Phi) is 25.1. The smallest absolute Gasteiger partial charge is 0.220 e. The summed E-state index contributed by atoms with van der Waals surface area (Å²) in [6, 6.07) is -0.653. The normalized spacial score (nSPS) is 17.6. The van der Waals surface area contributed by atoms with E-state index in [1.807, 2.05) is 0 Å². The van der Waals surface area contributed by atoms with Gasteiger partial charge in [0.25, 0.3) is 0 Å². The molecule has 17 nitrogen and oxygen atoms in total. The van der Waals surface area contributed by atoms with Gasteiger partial charge in [-0.1, -0.05) is 0 Å². The Hall–Kier alpha value is -1.87. The van der Waals surface area contributed by atoms with E-state index in [2.05, 4.69) is 10.6 Å². The fourth-order valence-corrected chi connectivity index (χ4v) is 4.14. The van der Waals surface area contributed by atoms with Crippen LogP contribution in [0.5, 0.6) is 0 Å². The second-order valence-corrected chi connectivity index (χ2v) is 11.2. The molecule has 0 radical (unpaired) electrons. The molecule has 17 heteroatoms. The highest BCUT2D eigenvalue weighted by molar-refractivity contribution is 5.87. The molecule has 2 amide bonds. The van der Waals surface area contributed by atoms with Gasteiger partial charge in [-0.25, -0.2) is 0 Å². The van der Waals surface area contributed by atoms with Gasteiger partial charge in [-0.15, -0.1) is 0 Å². The van der Waals surface area contributed by atoms with Crippen molar-refractivity contribution in [2.24, 2.45) is 0 Å². The number of aliphatic hydroxyl groups excluding tert-OH is 10. The van der Waals surface area contributed by atoms with Gasteiger partial charge in [-0.05, 0) is 51.9 Å². The quantitative estimate of drug-likeness (QED) is 0.0334. The summed E-state index contributed by atoms with van der Waals surface area (Å²) >= 11 is 0. The van der Waals surface area contributed by atoms with Gasteiger partial charge >= 0.3 is 0 Å². The van der Waals surface area contributed by atoms with E-state index in [4.69, 9.17) is 19.7 Å². The Bertz CT molecular complexity index is 824. The van der Waals surface area contributed by atoms with Crippen LogP contribution < -0.4 is 10.6 Å². The molecule has 0 aromatic rings. The third-order valence-electron chi connectivity index (χ3n) is 7.18. The molecule has 0 aromatic heterocycles. The van der Waals surface area contributed by atoms with Gasteiger partial charge in [0.15, 0.2) is 5.78 Å². The van der Waals surface area contributed by atoms with Crippen molar-refractivity contribution in [1.29, 1.82) is 0 Å². The number of Topliss-reactive ketones (excluding diaryl/α,β-unsaturated/α-hetero) is 1. The number of hydrogen-bond donors (Lipinski definition) is 12. The van der Waals surface area contributed by atoms with E-state index < -0.39 is 68.1 Å². The predicted molar refractivity (Wildman–Crippen MR) is 161 cm³/mol. The molecule has 0 fully saturated rings. The van der Waals surface area contributed by atoms with Crippen LogP contribution in [-0.4, -0.2) is 170 Å². The Morgan fingerprint density at radius 2 is 1.02 bits per heavy atom. The van der Waals surface area contributed by atoms with E-state index in [-0.39, 0.29) is 56.9 Å². The lowest BCUT2D eigenvalue weighted by Gasteiger charge is -2.25. The molecule has 46 heavy (non-hydrogen) atoms. The Morgan fingerprint density at radius 3 is 1.46 bits per heavy atom. The van der Waals surface area contributed by atoms with Gasteiger partial charge in [0.05, 0.1) is 32.5 Å². The molecule has 0 heterocycles. The fourth-order valence-electron chi connectivity index (χ4n) is 4.14. The van der Waals surface area contributed by atoms with Crippen LogP contribution >= 0.6 is 0 Å². The second-order valence-electron chi connectivity index (χ2n) is 11.2. The maximum Gasteiger partial charge on any atom is 0.220 e. The summed E-state index contributed by atoms with van der Waals surface area (Å²) in [5, 5.41) is 99.8. The number of amides is 2. The fraction of sp³-hybridized carbons (Fsp3) is 0.897. The molecule has 0 bridgehead atoms. The highest BCUT2D eigenvalue weighted by atomic mass is 16.5. The molecule has 0 spiro atoms. The second kappa shape index (κ2) is 26.1. The lowest BCUT2D eigenvalue weighted by atomic mass is 10.0. The number of hydrogen-bond acceptors (Lipinski definition) is 15. The summed E-state index contributed by atoms with van der Waals surface area (Å²) in [7, 11) is 0. The zero-order valence-corrected chi connectivity index (χ0v) is 26.5. The van der Waals surface area contributed by atoms with Gasteiger partial charge in [-0.2, -0.15) is 0 Å². The van der Waals surface area contributed by atoms with Gasteiger partial charge in [0, 0.05) is 32.6 Å². The molecule has 12 N–H and O–H groups in total. The van der Waals surface area contributed by atoms with Crippen molar-refractivity contribution in [3.8, 4) is 0 Å². The predicted octanol–water partition coefficient (Wildman–Crippen LogP) is -4.41. The van der Waals surface area contributed by atoms with Crippen LogP contribution in [-0.2, 0) is 23.9 Å². The first-order valence-corrected chi connectivity index (χ1v) is 15.6. The van der Waals surface area contributed by atoms with Gasteiger partial charge in [0.2, 0.25) is 11.8 Å². The SMILES string of the molecule is CC(=O)[C@@H](CCCCNC(=O)CCCCOCC(O)C(O)C(O)C(O)CO)NC(=O)CCCCOCC(O)C(O)C(O)C(O)CO. The first kappa shape index (κ1) is 44.1. The Morgan fingerprint density at radius 1 is 0.587 bits per heavy atom. The van der Waals surface area contributed by atoms with E-state index in [0.29, 0.717) is 51.5 Å². The van der Waals surface area contributed by atoms with Gasteiger partial charge in [-0.3, -0.25) is 14.4 Å². The molecule has 0 aromatic carbocycles. The van der Waals surface area contributed by atoms with Gasteiger partial charge < -0.3 is 71.2 Å². The van der Waals surface area contributed by atoms with E-state index in [1.165, 1.54) is 6.92 Å². The lowest BCUT2D eigenvalue weighted by Crippen LogP contribution is -2.47. The largest absolute Gasteiger partial charge is 0.394 e. The van der Waals surface area contributed by atoms with Crippen LogP contribution in [0.2, 0.25) is 0 Å². The topological polar surface area (TPSA) is 296 Å². The average molecular weight is 673 g/mol. The minimum atomic E-state index is -1.74. The van der Waals surface area contributed by atoms with E-state index in [0.717, 1.165) is 0 Å². The Balaban J connectivity index is 3.98. The minimum Gasteiger partial charge on any atom is -0.394 e. The van der Waals surface area contributed by atoms with E-state index >= 15 is 0 Å². The molecule has 0 saturated heterocycles. The number of unbranched alkanes of at least 4 members (excludes halogenated alkanes) is 3. The highest BCUT2D eigenvalue weighted by Gasteiger charge is 2.31. The van der Waals surface area contributed by atoms with Crippen molar-refractivity contribution in [2.45, 2.75) is 120 Å². The number of carbonyl (C=O) groups excluding carboxylic acids is 3. The zero-order valence-electron chi connectivity index (χ0n) is 26.5. The van der Waals surface area contributed by atoms with Crippen LogP contribution in [0.4, 0.5) is 0 Å². The molecule has 0 aliphatic carbocycles. The van der Waals surface area contributed by atoms with Crippen LogP contribution in [0.25, 0.3) is 0 Å². The van der Waals surface area contributed by atoms with Crippen molar-refractivity contribution in [3.05, 3.63) is 0 Å². The molecule has 0 aliphatic rings. The van der Waals surface area contributed by atoms with Crippen molar-refractivity contribution < 1.29 is 74.9 Å². The highest BCUT2D eigenvalue weighted by Crippen LogP contribution is 2.08. The monoisotopic (exact) mass is 672 g/mol. The first-order chi connectivity index (χ1) is 21.8. The summed E-state index contributed by atoms with van der Waals surface area (Å²) < 4.78 is 10.4. The molecule has 9 atom stereocenters. The molecular formula is C29H56N2O15. The summed E-state index contributed by atoms with van der Waals surface area (Å²) in [5.41, 5.74) is 0. The van der Waals surface area contributed by atoms with Crippen molar-refractivity contribution in [3.63, 3.8) is 0 Å². The molecule has 272 valence electrons.